The van der Waals surface area contributed by atoms with Crippen molar-refractivity contribution in [3.8, 4) is 0 Å². The molecule has 0 aliphatic carbocycles. The molecule has 0 aliphatic rings. The summed E-state index contributed by atoms with van der Waals surface area (Å²) in [5, 5.41) is 2.61. The van der Waals surface area contributed by atoms with Gasteiger partial charge in [0.15, 0.2) is 0 Å². The van der Waals surface area contributed by atoms with Gasteiger partial charge in [0.25, 0.3) is 0 Å². The molecular weight excluding hydrogens is 178 g/mol. The molecule has 3 N–H and O–H groups in total. The normalized spacial score (nSPS) is 9.29. The van der Waals surface area contributed by atoms with Crippen molar-refractivity contribution >= 4 is 11.7 Å². The Morgan fingerprint density at radius 2 is 1.93 bits per heavy atom. The lowest BCUT2D eigenvalue weighted by molar-refractivity contribution is 0.243. The van der Waals surface area contributed by atoms with Crippen LogP contribution in [-0.4, -0.2) is 12.6 Å². The molecule has 0 aliphatic heterocycles. The van der Waals surface area contributed by atoms with Crippen molar-refractivity contribution < 1.29 is 4.79 Å². The van der Waals surface area contributed by atoms with Crippen molar-refractivity contribution in [2.75, 3.05) is 12.0 Å². The number of aryl methyl sites for hydroxylation is 1. The average Bonchev–Trinajstić information content (AvgIpc) is 2.17. The molecule has 0 fully saturated rings. The second kappa shape index (κ2) is 5.11. The molecule has 4 heteroatoms. The third-order valence-electron chi connectivity index (χ3n) is 1.71. The fourth-order valence-corrected chi connectivity index (χ4v) is 0.971. The molecule has 0 saturated carbocycles. The molecule has 0 radical (unpaired) electrons. The molecule has 0 atom stereocenters. The number of anilines is 1. The van der Waals surface area contributed by atoms with Crippen LogP contribution in [-0.2, 0) is 0 Å². The molecule has 1 rings (SSSR count). The van der Waals surface area contributed by atoms with Crippen LogP contribution in [0.5, 0.6) is 0 Å². The largest absolute Gasteiger partial charge is 0.337 e. The lowest BCUT2D eigenvalue weighted by atomic mass is 10.2. The maximum atomic E-state index is 11.0. The third-order valence-corrected chi connectivity index (χ3v) is 1.71. The number of carbonyl (C=O) groups is 1. The summed E-state index contributed by atoms with van der Waals surface area (Å²) < 4.78 is 0. The summed E-state index contributed by atoms with van der Waals surface area (Å²) in [5.74, 6) is 0. The summed E-state index contributed by atoms with van der Waals surface area (Å²) in [6.45, 7) is 4.49. The smallest absolute Gasteiger partial charge is 0.333 e. The number of hydrogen-bond donors (Lipinski definition) is 3. The Morgan fingerprint density at radius 3 is 2.50 bits per heavy atom. The van der Waals surface area contributed by atoms with Crippen LogP contribution in [0.2, 0.25) is 0 Å². The first-order chi connectivity index (χ1) is 6.72. The van der Waals surface area contributed by atoms with Gasteiger partial charge in [0.1, 0.15) is 0 Å². The van der Waals surface area contributed by atoms with Crippen LogP contribution in [0.25, 0.3) is 0 Å². The summed E-state index contributed by atoms with van der Waals surface area (Å²) in [7, 11) is 0. The first kappa shape index (κ1) is 10.4. The number of carbonyl (C=O) groups excluding carboxylic acids is 1. The van der Waals surface area contributed by atoms with Crippen molar-refractivity contribution in [2.45, 2.75) is 13.8 Å². The molecule has 0 spiro atoms. The highest BCUT2D eigenvalue weighted by atomic mass is 16.2. The van der Waals surface area contributed by atoms with Gasteiger partial charge >= 0.3 is 6.03 Å². The summed E-state index contributed by atoms with van der Waals surface area (Å²) in [6.07, 6.45) is 0. The number of hydrogen-bond acceptors (Lipinski definition) is 2. The highest BCUT2D eigenvalue weighted by molar-refractivity contribution is 5.75. The third kappa shape index (κ3) is 3.35. The van der Waals surface area contributed by atoms with Gasteiger partial charge in [0, 0.05) is 6.54 Å². The van der Waals surface area contributed by atoms with E-state index in [0.717, 1.165) is 5.69 Å². The summed E-state index contributed by atoms with van der Waals surface area (Å²) in [5.41, 5.74) is 7.36. The van der Waals surface area contributed by atoms with Gasteiger partial charge in [-0.25, -0.2) is 4.79 Å². The summed E-state index contributed by atoms with van der Waals surface area (Å²) in [4.78, 5) is 11.0. The fourth-order valence-electron chi connectivity index (χ4n) is 0.971. The Kier molecular flexibility index (Phi) is 3.79. The van der Waals surface area contributed by atoms with Crippen molar-refractivity contribution in [2.24, 2.45) is 0 Å². The van der Waals surface area contributed by atoms with Crippen molar-refractivity contribution in [3.63, 3.8) is 0 Å². The minimum absolute atomic E-state index is 0.229. The number of hydrazine groups is 1. The average molecular weight is 193 g/mol. The SMILES string of the molecule is CCNC(=O)NNc1ccc(C)cc1. The maximum Gasteiger partial charge on any atom is 0.333 e. The van der Waals surface area contributed by atoms with Gasteiger partial charge in [-0.1, -0.05) is 17.7 Å². The van der Waals surface area contributed by atoms with E-state index in [0.29, 0.717) is 6.54 Å². The minimum atomic E-state index is -0.229. The van der Waals surface area contributed by atoms with E-state index in [4.69, 9.17) is 0 Å². The number of rotatable bonds is 3. The molecular formula is C10H15N3O. The molecule has 0 unspecified atom stereocenters. The lowest BCUT2D eigenvalue weighted by Gasteiger charge is -2.08. The molecule has 0 heterocycles. The summed E-state index contributed by atoms with van der Waals surface area (Å²) in [6, 6.07) is 7.53. The van der Waals surface area contributed by atoms with Crippen LogP contribution in [0.3, 0.4) is 0 Å². The molecule has 14 heavy (non-hydrogen) atoms. The van der Waals surface area contributed by atoms with Crippen molar-refractivity contribution in [1.82, 2.24) is 10.7 Å². The zero-order chi connectivity index (χ0) is 10.4. The first-order valence-corrected chi connectivity index (χ1v) is 4.59. The van der Waals surface area contributed by atoms with Crippen LogP contribution in [0.1, 0.15) is 12.5 Å². The van der Waals surface area contributed by atoms with Crippen LogP contribution < -0.4 is 16.2 Å². The Balaban J connectivity index is 2.38. The Morgan fingerprint density at radius 1 is 1.29 bits per heavy atom. The first-order valence-electron chi connectivity index (χ1n) is 4.59. The molecule has 2 amide bonds. The Bertz CT molecular complexity index is 295. The van der Waals surface area contributed by atoms with E-state index >= 15 is 0 Å². The quantitative estimate of drug-likeness (QED) is 0.639. The molecule has 0 bridgehead atoms. The molecule has 0 aromatic heterocycles. The number of urea groups is 1. The number of nitrogens with one attached hydrogen (secondary N) is 3. The van der Waals surface area contributed by atoms with E-state index in [9.17, 15) is 4.79 Å². The second-order valence-electron chi connectivity index (χ2n) is 2.98. The molecule has 0 saturated heterocycles. The number of amides is 2. The topological polar surface area (TPSA) is 53.2 Å². The van der Waals surface area contributed by atoms with Crippen molar-refractivity contribution in [1.29, 1.82) is 0 Å². The van der Waals surface area contributed by atoms with Gasteiger partial charge in [-0.05, 0) is 26.0 Å². The molecule has 1 aromatic rings. The number of benzene rings is 1. The van der Waals surface area contributed by atoms with Crippen LogP contribution in [0, 0.1) is 6.92 Å². The van der Waals surface area contributed by atoms with E-state index in [2.05, 4.69) is 16.2 Å². The predicted octanol–water partition coefficient (Wildman–Crippen LogP) is 1.64. The molecule has 76 valence electrons. The van der Waals surface area contributed by atoms with E-state index in [-0.39, 0.29) is 6.03 Å². The second-order valence-corrected chi connectivity index (χ2v) is 2.98. The lowest BCUT2D eigenvalue weighted by Crippen LogP contribution is -2.38. The highest BCUT2D eigenvalue weighted by Gasteiger charge is 1.95. The van der Waals surface area contributed by atoms with Crippen LogP contribution >= 0.6 is 0 Å². The maximum absolute atomic E-state index is 11.0. The molecule has 4 nitrogen and oxygen atoms in total. The summed E-state index contributed by atoms with van der Waals surface area (Å²) >= 11 is 0. The van der Waals surface area contributed by atoms with E-state index in [1.165, 1.54) is 5.56 Å². The van der Waals surface area contributed by atoms with Gasteiger partial charge in [-0.2, -0.15) is 0 Å². The van der Waals surface area contributed by atoms with Gasteiger partial charge < -0.3 is 5.32 Å². The fraction of sp³-hybridized carbons (Fsp3) is 0.300. The van der Waals surface area contributed by atoms with Crippen LogP contribution in [0.4, 0.5) is 10.5 Å². The Hall–Kier alpha value is -1.71. The molecule has 1 aromatic carbocycles. The standard InChI is InChI=1S/C10H15N3O/c1-3-11-10(14)13-12-9-6-4-8(2)5-7-9/h4-7,12H,3H2,1-2H3,(H2,11,13,14). The van der Waals surface area contributed by atoms with Crippen LogP contribution in [0.15, 0.2) is 24.3 Å². The Labute approximate surface area is 83.7 Å². The monoisotopic (exact) mass is 193 g/mol. The van der Waals surface area contributed by atoms with E-state index in [1.807, 2.05) is 38.1 Å². The zero-order valence-electron chi connectivity index (χ0n) is 8.42. The van der Waals surface area contributed by atoms with Gasteiger partial charge in [-0.15, -0.1) is 0 Å². The predicted molar refractivity (Wildman–Crippen MR) is 57.0 cm³/mol. The van der Waals surface area contributed by atoms with E-state index in [1.54, 1.807) is 0 Å². The zero-order valence-corrected chi connectivity index (χ0v) is 8.42. The highest BCUT2D eigenvalue weighted by Crippen LogP contribution is 2.06. The minimum Gasteiger partial charge on any atom is -0.337 e. The van der Waals surface area contributed by atoms with Gasteiger partial charge in [-0.3, -0.25) is 10.9 Å². The van der Waals surface area contributed by atoms with Gasteiger partial charge in [0.2, 0.25) is 0 Å². The van der Waals surface area contributed by atoms with E-state index < -0.39 is 0 Å². The van der Waals surface area contributed by atoms with Gasteiger partial charge in [0.05, 0.1) is 5.69 Å². The van der Waals surface area contributed by atoms with Crippen molar-refractivity contribution in [3.05, 3.63) is 29.8 Å².